The molecule has 1 atom stereocenters. The number of aromatic nitrogens is 1. The van der Waals surface area contributed by atoms with E-state index in [1.165, 1.54) is 30.1 Å². The molecule has 0 saturated carbocycles. The van der Waals surface area contributed by atoms with Crippen LogP contribution in [-0.2, 0) is 24.0 Å². The van der Waals surface area contributed by atoms with Crippen molar-refractivity contribution in [1.29, 1.82) is 0 Å². The van der Waals surface area contributed by atoms with Crippen molar-refractivity contribution < 1.29 is 13.7 Å². The zero-order valence-corrected chi connectivity index (χ0v) is 12.9. The number of hydrogen-bond donors (Lipinski definition) is 0. The number of methoxy groups -OCH3 is 1. The molecule has 1 aromatic carbocycles. The lowest BCUT2D eigenvalue weighted by Gasteiger charge is -2.13. The van der Waals surface area contributed by atoms with Crippen LogP contribution in [0.4, 0.5) is 4.39 Å². The third-order valence-electron chi connectivity index (χ3n) is 3.12. The number of nitrogens with zero attached hydrogens (tertiary/aromatic N) is 1. The smallest absolute Gasteiger partial charge is 0.250 e. The summed E-state index contributed by atoms with van der Waals surface area (Å²) in [7, 11) is 3.10. The van der Waals surface area contributed by atoms with Gasteiger partial charge < -0.3 is 13.9 Å². The third kappa shape index (κ3) is 3.46. The van der Waals surface area contributed by atoms with Gasteiger partial charge in [-0.05, 0) is 12.1 Å². The van der Waals surface area contributed by atoms with Gasteiger partial charge in [-0.2, -0.15) is 0 Å². The molecular weight excluding hydrogens is 293 g/mol. The molecule has 0 fully saturated rings. The number of aryl methyl sites for hydroxylation is 1. The summed E-state index contributed by atoms with van der Waals surface area (Å²) in [6, 6.07) is 6.00. The van der Waals surface area contributed by atoms with Gasteiger partial charge in [-0.15, -0.1) is 0 Å². The first kappa shape index (κ1) is 15.6. The molecule has 2 aromatic rings. The van der Waals surface area contributed by atoms with Gasteiger partial charge in [0.15, 0.2) is 0 Å². The van der Waals surface area contributed by atoms with Gasteiger partial charge in [0.05, 0.1) is 13.4 Å². The number of rotatable bonds is 4. The molecule has 1 heterocycles. The Morgan fingerprint density at radius 3 is 2.67 bits per heavy atom. The highest BCUT2D eigenvalue weighted by Gasteiger charge is 2.15. The van der Waals surface area contributed by atoms with Crippen molar-refractivity contribution in [1.82, 2.24) is 4.57 Å². The van der Waals surface area contributed by atoms with E-state index < -0.39 is 17.0 Å². The molecule has 0 bridgehead atoms. The first-order valence-electron chi connectivity index (χ1n) is 6.26. The highest BCUT2D eigenvalue weighted by atomic mass is 32.2. The van der Waals surface area contributed by atoms with E-state index in [9.17, 15) is 13.7 Å². The molecule has 0 spiro atoms. The van der Waals surface area contributed by atoms with Crippen molar-refractivity contribution in [3.05, 3.63) is 52.2 Å². The van der Waals surface area contributed by atoms with E-state index in [-0.39, 0.29) is 11.3 Å². The molecule has 1 aromatic heterocycles. The normalized spacial score (nSPS) is 12.2. The van der Waals surface area contributed by atoms with Crippen LogP contribution in [0.1, 0.15) is 5.56 Å². The maximum Gasteiger partial charge on any atom is 0.250 e. The molecule has 0 aliphatic heterocycles. The van der Waals surface area contributed by atoms with Gasteiger partial charge in [0.25, 0.3) is 0 Å². The van der Waals surface area contributed by atoms with Crippen LogP contribution in [0.25, 0.3) is 11.1 Å². The lowest BCUT2D eigenvalue weighted by atomic mass is 10.0. The van der Waals surface area contributed by atoms with E-state index in [1.54, 1.807) is 25.4 Å². The molecule has 0 aliphatic carbocycles. The van der Waals surface area contributed by atoms with E-state index in [2.05, 4.69) is 0 Å². The van der Waals surface area contributed by atoms with Crippen molar-refractivity contribution in [2.45, 2.75) is 5.75 Å². The van der Waals surface area contributed by atoms with Crippen molar-refractivity contribution in [2.24, 2.45) is 7.05 Å². The predicted molar refractivity (Wildman–Crippen MR) is 81.4 cm³/mol. The second kappa shape index (κ2) is 6.32. The van der Waals surface area contributed by atoms with E-state index >= 15 is 0 Å². The zero-order valence-electron chi connectivity index (χ0n) is 12.1. The highest BCUT2D eigenvalue weighted by molar-refractivity contribution is 7.89. The maximum absolute atomic E-state index is 14.0. The fourth-order valence-corrected chi connectivity index (χ4v) is 2.74. The Morgan fingerprint density at radius 1 is 1.38 bits per heavy atom. The molecule has 0 aliphatic rings. The molecule has 0 N–H and O–H groups in total. The minimum atomic E-state index is -1.14. The molecule has 4 nitrogen and oxygen atoms in total. The molecule has 0 amide bonds. The summed E-state index contributed by atoms with van der Waals surface area (Å²) in [5, 5.41) is 0. The van der Waals surface area contributed by atoms with Gasteiger partial charge in [-0.3, -0.25) is 4.79 Å². The van der Waals surface area contributed by atoms with Gasteiger partial charge >= 0.3 is 0 Å². The number of ether oxygens (including phenoxy) is 1. The average molecular weight is 309 g/mol. The van der Waals surface area contributed by atoms with Crippen LogP contribution >= 0.6 is 0 Å². The third-order valence-corrected chi connectivity index (χ3v) is 3.84. The number of benzene rings is 1. The Kier molecular flexibility index (Phi) is 4.69. The molecule has 6 heteroatoms. The van der Waals surface area contributed by atoms with E-state index in [4.69, 9.17) is 4.74 Å². The summed E-state index contributed by atoms with van der Waals surface area (Å²) in [6.45, 7) is 0. The summed E-state index contributed by atoms with van der Waals surface area (Å²) < 4.78 is 31.9. The monoisotopic (exact) mass is 309 g/mol. The van der Waals surface area contributed by atoms with Crippen molar-refractivity contribution in [3.63, 3.8) is 0 Å². The Balaban J connectivity index is 2.59. The Hall–Kier alpha value is -1.79. The first-order valence-corrected chi connectivity index (χ1v) is 7.98. The fourth-order valence-electron chi connectivity index (χ4n) is 2.08. The standard InChI is InChI=1S/C15H16FNO3S/c1-17-8-10(4-5-15(17)18)12-6-11(9-21(3)19)13(16)7-14(12)20-2/h4-8H,9H2,1-3H3. The second-order valence-electron chi connectivity index (χ2n) is 4.73. The van der Waals surface area contributed by atoms with Gasteiger partial charge in [0.2, 0.25) is 5.56 Å². The van der Waals surface area contributed by atoms with Crippen LogP contribution in [0.15, 0.2) is 35.3 Å². The van der Waals surface area contributed by atoms with Crippen LogP contribution in [0.5, 0.6) is 5.75 Å². The summed E-state index contributed by atoms with van der Waals surface area (Å²) in [5.74, 6) is 0.0570. The Bertz CT molecular complexity index is 713. The summed E-state index contributed by atoms with van der Waals surface area (Å²) in [6.07, 6.45) is 3.18. The van der Waals surface area contributed by atoms with Gasteiger partial charge in [-0.25, -0.2) is 4.39 Å². The lowest BCUT2D eigenvalue weighted by molar-refractivity contribution is 0.412. The predicted octanol–water partition coefficient (Wildman–Crippen LogP) is 2.08. The van der Waals surface area contributed by atoms with Gasteiger partial charge in [0.1, 0.15) is 17.3 Å². The minimum absolute atomic E-state index is 0.130. The topological polar surface area (TPSA) is 54.3 Å². The molecule has 1 unspecified atom stereocenters. The molecule has 2 rings (SSSR count). The lowest BCUT2D eigenvalue weighted by Crippen LogP contribution is -2.14. The second-order valence-corrected chi connectivity index (χ2v) is 6.16. The van der Waals surface area contributed by atoms with Crippen LogP contribution in [-0.4, -0.2) is 22.5 Å². The zero-order chi connectivity index (χ0) is 15.6. The van der Waals surface area contributed by atoms with Gasteiger partial charge in [-0.1, -0.05) is 11.2 Å². The van der Waals surface area contributed by atoms with Crippen LogP contribution in [0, 0.1) is 5.82 Å². The summed E-state index contributed by atoms with van der Waals surface area (Å²) in [4.78, 5) is 11.5. The summed E-state index contributed by atoms with van der Waals surface area (Å²) >= 11 is -1.14. The van der Waals surface area contributed by atoms with E-state index in [0.29, 0.717) is 16.9 Å². The first-order chi connectivity index (χ1) is 9.92. The number of halogens is 1. The quantitative estimate of drug-likeness (QED) is 0.813. The van der Waals surface area contributed by atoms with Crippen LogP contribution < -0.4 is 10.3 Å². The van der Waals surface area contributed by atoms with E-state index in [1.807, 2.05) is 0 Å². The minimum Gasteiger partial charge on any atom is -0.616 e. The van der Waals surface area contributed by atoms with Crippen molar-refractivity contribution in [3.8, 4) is 16.9 Å². The largest absolute Gasteiger partial charge is 0.616 e. The fraction of sp³-hybridized carbons (Fsp3) is 0.267. The highest BCUT2D eigenvalue weighted by Crippen LogP contribution is 2.32. The number of pyridine rings is 1. The van der Waals surface area contributed by atoms with Crippen molar-refractivity contribution >= 4 is 11.2 Å². The van der Waals surface area contributed by atoms with Crippen LogP contribution in [0.2, 0.25) is 0 Å². The number of hydrogen-bond acceptors (Lipinski definition) is 3. The molecule has 0 radical (unpaired) electrons. The van der Waals surface area contributed by atoms with Gasteiger partial charge in [0, 0.05) is 42.1 Å². The Morgan fingerprint density at radius 2 is 2.10 bits per heavy atom. The molecular formula is C15H16FNO3S. The maximum atomic E-state index is 14.0. The molecule has 0 saturated heterocycles. The molecule has 112 valence electrons. The SMILES string of the molecule is COc1cc(F)c(C[S+](C)[O-])cc1-c1ccc(=O)n(C)c1. The average Bonchev–Trinajstić information content (AvgIpc) is 2.43. The van der Waals surface area contributed by atoms with Crippen molar-refractivity contribution in [2.75, 3.05) is 13.4 Å². The Labute approximate surface area is 125 Å². The van der Waals surface area contributed by atoms with Crippen LogP contribution in [0.3, 0.4) is 0 Å². The molecule has 21 heavy (non-hydrogen) atoms. The summed E-state index contributed by atoms with van der Waals surface area (Å²) in [5.41, 5.74) is 1.63. The van der Waals surface area contributed by atoms with E-state index in [0.717, 1.165) is 5.56 Å².